The van der Waals surface area contributed by atoms with E-state index < -0.39 is 0 Å². The third-order valence-corrected chi connectivity index (χ3v) is 4.10. The molecule has 5 heteroatoms. The number of nitrogens with zero attached hydrogens (tertiary/aromatic N) is 2. The summed E-state index contributed by atoms with van der Waals surface area (Å²) in [6.45, 7) is 0.854. The number of hydrogen-bond acceptors (Lipinski definition) is 3. The van der Waals surface area contributed by atoms with Crippen molar-refractivity contribution in [2.45, 2.75) is 12.8 Å². The van der Waals surface area contributed by atoms with Gasteiger partial charge in [-0.15, -0.1) is 0 Å². The van der Waals surface area contributed by atoms with Gasteiger partial charge in [-0.2, -0.15) is 0 Å². The van der Waals surface area contributed by atoms with Crippen molar-refractivity contribution in [2.75, 3.05) is 11.4 Å². The Morgan fingerprint density at radius 2 is 2.50 bits per heavy atom. The van der Waals surface area contributed by atoms with Gasteiger partial charge < -0.3 is 0 Å². The van der Waals surface area contributed by atoms with E-state index in [4.69, 9.17) is 0 Å². The van der Waals surface area contributed by atoms with Crippen LogP contribution >= 0.6 is 11.3 Å². The molecular formula is C7H8N2OSSn. The van der Waals surface area contributed by atoms with Gasteiger partial charge >= 0.3 is 88.1 Å². The topological polar surface area (TPSA) is 33.2 Å². The van der Waals surface area contributed by atoms with Crippen LogP contribution in [0.25, 0.3) is 0 Å². The molecule has 0 atom stereocenters. The number of hydrogen-bond donors (Lipinski definition) is 0. The standard InChI is InChI=1S/C7H7N2OS.Sn.H/c10-6-2-1-4-9(6)7-8-3-5-11-7;;/h3H,1-2,4H2;;. The molecule has 1 fully saturated rings. The molecule has 3 nitrogen and oxygen atoms in total. The third kappa shape index (κ3) is 1.49. The van der Waals surface area contributed by atoms with Crippen LogP contribution in [0.15, 0.2) is 6.20 Å². The minimum atomic E-state index is 0.227. The Morgan fingerprint density at radius 3 is 3.00 bits per heavy atom. The zero-order chi connectivity index (χ0) is 8.55. The molecule has 1 aromatic rings. The molecule has 0 spiro atoms. The predicted octanol–water partition coefficient (Wildman–Crippen LogP) is -0.204. The molecule has 2 rings (SSSR count). The fourth-order valence-electron chi connectivity index (χ4n) is 1.25. The molecule has 0 aliphatic carbocycles. The summed E-state index contributed by atoms with van der Waals surface area (Å²) in [6, 6.07) is 0. The second-order valence-electron chi connectivity index (χ2n) is 2.69. The van der Waals surface area contributed by atoms with E-state index in [1.54, 1.807) is 16.2 Å². The van der Waals surface area contributed by atoms with Gasteiger partial charge in [-0.25, -0.2) is 0 Å². The van der Waals surface area contributed by atoms with E-state index in [2.05, 4.69) is 4.98 Å². The van der Waals surface area contributed by atoms with Gasteiger partial charge in [-0.05, 0) is 0 Å². The van der Waals surface area contributed by atoms with Crippen molar-refractivity contribution in [3.8, 4) is 0 Å². The molecule has 0 saturated carbocycles. The first-order valence-corrected chi connectivity index (χ1v) is 6.25. The molecule has 0 bridgehead atoms. The molecular weight excluding hydrogens is 279 g/mol. The van der Waals surface area contributed by atoms with Crippen molar-refractivity contribution in [3.05, 3.63) is 6.20 Å². The maximum atomic E-state index is 11.3. The molecule has 62 valence electrons. The van der Waals surface area contributed by atoms with E-state index in [-0.39, 0.29) is 5.91 Å². The van der Waals surface area contributed by atoms with Crippen LogP contribution in [0.1, 0.15) is 12.8 Å². The van der Waals surface area contributed by atoms with Gasteiger partial charge in [0.05, 0.1) is 0 Å². The monoisotopic (exact) mass is 288 g/mol. The number of anilines is 1. The summed E-state index contributed by atoms with van der Waals surface area (Å²) in [5.41, 5.74) is 0. The molecule has 1 aromatic heterocycles. The van der Waals surface area contributed by atoms with Crippen LogP contribution < -0.4 is 7.79 Å². The van der Waals surface area contributed by atoms with Crippen LogP contribution in [0.3, 0.4) is 0 Å². The Balaban J connectivity index is 2.24. The van der Waals surface area contributed by atoms with Crippen molar-refractivity contribution in [2.24, 2.45) is 0 Å². The summed E-state index contributed by atoms with van der Waals surface area (Å²) in [4.78, 5) is 17.3. The Kier molecular flexibility index (Phi) is 2.36. The summed E-state index contributed by atoms with van der Waals surface area (Å²) in [5.74, 6) is 0.227. The van der Waals surface area contributed by atoms with Gasteiger partial charge in [0.1, 0.15) is 0 Å². The zero-order valence-electron chi connectivity index (χ0n) is 6.49. The predicted molar refractivity (Wildman–Crippen MR) is 50.5 cm³/mol. The molecule has 2 radical (unpaired) electrons. The molecule has 1 amide bonds. The Morgan fingerprint density at radius 1 is 1.67 bits per heavy atom. The van der Waals surface area contributed by atoms with Crippen molar-refractivity contribution in [1.29, 1.82) is 0 Å². The first-order chi connectivity index (χ1) is 5.77. The van der Waals surface area contributed by atoms with Crippen LogP contribution in [-0.2, 0) is 4.79 Å². The zero-order valence-corrected chi connectivity index (χ0v) is 10.6. The number of amides is 1. The van der Waals surface area contributed by atoms with Crippen molar-refractivity contribution in [1.82, 2.24) is 4.98 Å². The van der Waals surface area contributed by atoms with E-state index in [0.717, 1.165) is 40.6 Å². The molecule has 1 saturated heterocycles. The van der Waals surface area contributed by atoms with Gasteiger partial charge in [0.25, 0.3) is 0 Å². The number of thiazole rings is 1. The quantitative estimate of drug-likeness (QED) is 0.670. The Hall–Kier alpha value is -0.101. The molecule has 12 heavy (non-hydrogen) atoms. The SMILES string of the molecule is O=C1CCCN1c1nc[c]([SnH])s1. The number of aromatic nitrogens is 1. The average molecular weight is 287 g/mol. The van der Waals surface area contributed by atoms with E-state index >= 15 is 0 Å². The van der Waals surface area contributed by atoms with E-state index in [1.165, 1.54) is 2.89 Å². The maximum absolute atomic E-state index is 11.3. The van der Waals surface area contributed by atoms with Crippen molar-refractivity contribution in [3.63, 3.8) is 0 Å². The number of rotatable bonds is 1. The van der Waals surface area contributed by atoms with Gasteiger partial charge in [-0.1, -0.05) is 0 Å². The van der Waals surface area contributed by atoms with Crippen LogP contribution in [0.2, 0.25) is 0 Å². The van der Waals surface area contributed by atoms with Gasteiger partial charge in [0, 0.05) is 0 Å². The second kappa shape index (κ2) is 3.33. The Bertz CT molecular complexity index is 312. The fraction of sp³-hybridized carbons (Fsp3) is 0.429. The minimum absolute atomic E-state index is 0.227. The molecule has 0 N–H and O–H groups in total. The average Bonchev–Trinajstić information content (AvgIpc) is 2.58. The molecule has 0 unspecified atom stereocenters. The van der Waals surface area contributed by atoms with Crippen LogP contribution in [-0.4, -0.2) is 40.0 Å². The molecule has 1 aliphatic rings. The van der Waals surface area contributed by atoms with Gasteiger partial charge in [0.15, 0.2) is 0 Å². The first kappa shape index (κ1) is 8.49. The Labute approximate surface area is 87.9 Å². The molecule has 0 aromatic carbocycles. The fourth-order valence-corrected chi connectivity index (χ4v) is 3.09. The van der Waals surface area contributed by atoms with Crippen LogP contribution in [0, 0.1) is 0 Å². The molecule has 1 aliphatic heterocycles. The van der Waals surface area contributed by atoms with Crippen molar-refractivity contribution < 1.29 is 4.79 Å². The summed E-state index contributed by atoms with van der Waals surface area (Å²) >= 11 is 2.73. The van der Waals surface area contributed by atoms with Gasteiger partial charge in [-0.3, -0.25) is 0 Å². The summed E-state index contributed by atoms with van der Waals surface area (Å²) < 4.78 is 1.29. The first-order valence-electron chi connectivity index (χ1n) is 3.79. The number of carbonyl (C=O) groups excluding carboxylic acids is 1. The van der Waals surface area contributed by atoms with E-state index in [1.807, 2.05) is 6.20 Å². The van der Waals surface area contributed by atoms with Crippen molar-refractivity contribution >= 4 is 47.8 Å². The summed E-state index contributed by atoms with van der Waals surface area (Å²) in [5, 5.41) is 0.889. The summed E-state index contributed by atoms with van der Waals surface area (Å²) in [7, 11) is 0. The molecule has 2 heterocycles. The van der Waals surface area contributed by atoms with E-state index in [0.29, 0.717) is 6.42 Å². The number of carbonyl (C=O) groups is 1. The normalized spacial score (nSPS) is 17.4. The van der Waals surface area contributed by atoms with Crippen LogP contribution in [0.5, 0.6) is 0 Å². The van der Waals surface area contributed by atoms with Crippen LogP contribution in [0.4, 0.5) is 5.13 Å². The third-order valence-electron chi connectivity index (χ3n) is 1.82. The van der Waals surface area contributed by atoms with E-state index in [9.17, 15) is 4.79 Å². The second-order valence-corrected chi connectivity index (χ2v) is 6.70. The summed E-state index contributed by atoms with van der Waals surface area (Å²) in [6.07, 6.45) is 3.54. The van der Waals surface area contributed by atoms with Gasteiger partial charge in [0.2, 0.25) is 0 Å².